The number of nitrogens with zero attached hydrogens (tertiary/aromatic N) is 4. The monoisotopic (exact) mass is 343 g/mol. The van der Waals surface area contributed by atoms with Crippen molar-refractivity contribution in [1.82, 2.24) is 25.0 Å². The van der Waals surface area contributed by atoms with Crippen LogP contribution >= 0.6 is 0 Å². The lowest BCUT2D eigenvalue weighted by Crippen LogP contribution is -2.49. The lowest BCUT2D eigenvalue weighted by molar-refractivity contribution is -0.0685. The largest absolute Gasteiger partial charge is 0.373 e. The van der Waals surface area contributed by atoms with Crippen LogP contribution in [0.4, 0.5) is 0 Å². The molecule has 0 aromatic carbocycles. The Bertz CT molecular complexity index is 730. The number of ether oxygens (including phenoxy) is 1. The van der Waals surface area contributed by atoms with Crippen LogP contribution in [0.2, 0.25) is 0 Å². The summed E-state index contributed by atoms with van der Waals surface area (Å²) in [4.78, 5) is 18.8. The van der Waals surface area contributed by atoms with Gasteiger partial charge in [-0.15, -0.1) is 0 Å². The maximum atomic E-state index is 12.4. The second-order valence-electron chi connectivity index (χ2n) is 6.39. The number of amides is 1. The van der Waals surface area contributed by atoms with Crippen molar-refractivity contribution in [3.05, 3.63) is 47.5 Å². The van der Waals surface area contributed by atoms with Gasteiger partial charge in [-0.2, -0.15) is 5.10 Å². The van der Waals surface area contributed by atoms with Crippen molar-refractivity contribution in [2.45, 2.75) is 26.0 Å². The third kappa shape index (κ3) is 4.05. The number of carbonyl (C=O) groups is 1. The van der Waals surface area contributed by atoms with Crippen LogP contribution in [0.5, 0.6) is 0 Å². The van der Waals surface area contributed by atoms with Gasteiger partial charge in [-0.1, -0.05) is 6.92 Å². The zero-order valence-electron chi connectivity index (χ0n) is 15.0. The molecule has 1 N–H and O–H groups in total. The van der Waals surface area contributed by atoms with E-state index >= 15 is 0 Å². The van der Waals surface area contributed by atoms with E-state index in [2.05, 4.69) is 27.2 Å². The molecule has 0 unspecified atom stereocenters. The topological polar surface area (TPSA) is 72.3 Å². The van der Waals surface area contributed by atoms with Gasteiger partial charge >= 0.3 is 0 Å². The molecule has 1 amide bonds. The molecule has 2 aromatic heterocycles. The van der Waals surface area contributed by atoms with E-state index in [1.165, 1.54) is 0 Å². The number of hydrogen-bond acceptors (Lipinski definition) is 5. The molecule has 7 heteroatoms. The predicted octanol–water partition coefficient (Wildman–Crippen LogP) is 1.32. The first kappa shape index (κ1) is 17.6. The van der Waals surface area contributed by atoms with E-state index in [4.69, 9.17) is 4.74 Å². The van der Waals surface area contributed by atoms with E-state index in [-0.39, 0.29) is 18.1 Å². The van der Waals surface area contributed by atoms with Crippen LogP contribution in [0.25, 0.3) is 0 Å². The average molecular weight is 343 g/mol. The van der Waals surface area contributed by atoms with Crippen LogP contribution in [0, 0.1) is 6.92 Å². The number of nitrogens with one attached hydrogen (secondary N) is 1. The van der Waals surface area contributed by atoms with Crippen molar-refractivity contribution in [2.24, 2.45) is 7.05 Å². The summed E-state index contributed by atoms with van der Waals surface area (Å²) < 4.78 is 7.78. The van der Waals surface area contributed by atoms with Gasteiger partial charge in [0.1, 0.15) is 0 Å². The third-order valence-corrected chi connectivity index (χ3v) is 4.53. The van der Waals surface area contributed by atoms with Crippen molar-refractivity contribution in [1.29, 1.82) is 0 Å². The molecule has 3 heterocycles. The molecule has 1 saturated heterocycles. The molecule has 25 heavy (non-hydrogen) atoms. The van der Waals surface area contributed by atoms with Crippen LogP contribution < -0.4 is 5.32 Å². The van der Waals surface area contributed by atoms with Gasteiger partial charge in [0.15, 0.2) is 0 Å². The van der Waals surface area contributed by atoms with Crippen molar-refractivity contribution >= 4 is 5.91 Å². The number of carbonyl (C=O) groups excluding carboxylic acids is 1. The number of morpholine rings is 1. The summed E-state index contributed by atoms with van der Waals surface area (Å²) in [6.07, 6.45) is 7.10. The molecule has 0 bridgehead atoms. The number of rotatable bonds is 5. The number of aryl methyl sites for hydroxylation is 2. The quantitative estimate of drug-likeness (QED) is 0.886. The highest BCUT2D eigenvalue weighted by atomic mass is 16.5. The molecule has 0 radical (unpaired) electrons. The first-order valence-corrected chi connectivity index (χ1v) is 8.62. The van der Waals surface area contributed by atoms with Gasteiger partial charge in [0.05, 0.1) is 30.5 Å². The highest BCUT2D eigenvalue weighted by molar-refractivity contribution is 5.94. The Hall–Kier alpha value is -2.25. The van der Waals surface area contributed by atoms with Crippen molar-refractivity contribution in [3.8, 4) is 0 Å². The smallest absolute Gasteiger partial charge is 0.252 e. The molecule has 3 rings (SSSR count). The van der Waals surface area contributed by atoms with Crippen LogP contribution in [-0.2, 0) is 11.8 Å². The Kier molecular flexibility index (Phi) is 5.45. The summed E-state index contributed by atoms with van der Waals surface area (Å²) in [6.45, 7) is 6.98. The van der Waals surface area contributed by atoms with Crippen molar-refractivity contribution in [2.75, 3.05) is 26.2 Å². The van der Waals surface area contributed by atoms with Gasteiger partial charge in [0.2, 0.25) is 0 Å². The Morgan fingerprint density at radius 3 is 2.92 bits per heavy atom. The van der Waals surface area contributed by atoms with E-state index in [0.717, 1.165) is 24.2 Å². The maximum absolute atomic E-state index is 12.4. The van der Waals surface area contributed by atoms with E-state index in [0.29, 0.717) is 18.7 Å². The minimum atomic E-state index is -0.127. The zero-order valence-corrected chi connectivity index (χ0v) is 15.0. The van der Waals surface area contributed by atoms with Crippen LogP contribution in [-0.4, -0.2) is 57.9 Å². The average Bonchev–Trinajstić information content (AvgIpc) is 3.05. The fourth-order valence-electron chi connectivity index (χ4n) is 3.30. The van der Waals surface area contributed by atoms with Crippen LogP contribution in [0.3, 0.4) is 0 Å². The molecule has 2 atom stereocenters. The molecule has 0 spiro atoms. The molecule has 7 nitrogen and oxygen atoms in total. The second kappa shape index (κ2) is 7.76. The summed E-state index contributed by atoms with van der Waals surface area (Å²) in [7, 11) is 1.91. The molecule has 0 saturated carbocycles. The summed E-state index contributed by atoms with van der Waals surface area (Å²) in [5.41, 5.74) is 2.65. The van der Waals surface area contributed by atoms with E-state index < -0.39 is 0 Å². The first-order valence-electron chi connectivity index (χ1n) is 8.62. The Labute approximate surface area is 148 Å². The lowest BCUT2D eigenvalue weighted by Gasteiger charge is -2.40. The van der Waals surface area contributed by atoms with Gasteiger partial charge in [0.25, 0.3) is 5.91 Å². The van der Waals surface area contributed by atoms with Crippen LogP contribution in [0.15, 0.2) is 30.9 Å². The van der Waals surface area contributed by atoms with Gasteiger partial charge in [0, 0.05) is 44.3 Å². The normalized spacial score (nSPS) is 21.2. The van der Waals surface area contributed by atoms with Crippen molar-refractivity contribution in [3.63, 3.8) is 0 Å². The van der Waals surface area contributed by atoms with Gasteiger partial charge in [-0.25, -0.2) is 0 Å². The van der Waals surface area contributed by atoms with Gasteiger partial charge in [-0.3, -0.25) is 19.4 Å². The highest BCUT2D eigenvalue weighted by Crippen LogP contribution is 2.28. The highest BCUT2D eigenvalue weighted by Gasteiger charge is 2.33. The molecular weight excluding hydrogens is 318 g/mol. The molecule has 0 aliphatic carbocycles. The Balaban J connectivity index is 1.71. The molecular formula is C18H25N5O2. The number of pyridine rings is 1. The summed E-state index contributed by atoms with van der Waals surface area (Å²) in [6, 6.07) is 1.92. The third-order valence-electron chi connectivity index (χ3n) is 4.53. The molecule has 1 aliphatic heterocycles. The first-order chi connectivity index (χ1) is 12.1. The lowest BCUT2D eigenvalue weighted by atomic mass is 10.0. The minimum absolute atomic E-state index is 0.0865. The number of likely N-dealkylation sites (N-methyl/N-ethyl adjacent to an activating group) is 1. The zero-order chi connectivity index (χ0) is 17.8. The van der Waals surface area contributed by atoms with Crippen molar-refractivity contribution < 1.29 is 9.53 Å². The van der Waals surface area contributed by atoms with E-state index in [1.54, 1.807) is 17.1 Å². The van der Waals surface area contributed by atoms with E-state index in [1.807, 2.05) is 32.4 Å². The second-order valence-corrected chi connectivity index (χ2v) is 6.39. The fourth-order valence-corrected chi connectivity index (χ4v) is 3.30. The summed E-state index contributed by atoms with van der Waals surface area (Å²) in [5, 5.41) is 7.28. The molecule has 2 aromatic rings. The number of hydrogen-bond donors (Lipinski definition) is 1. The fraction of sp³-hybridized carbons (Fsp3) is 0.500. The molecule has 1 aliphatic rings. The maximum Gasteiger partial charge on any atom is 0.252 e. The van der Waals surface area contributed by atoms with E-state index in [9.17, 15) is 4.79 Å². The Morgan fingerprint density at radius 2 is 2.24 bits per heavy atom. The molecule has 134 valence electrons. The predicted molar refractivity (Wildman–Crippen MR) is 94.2 cm³/mol. The standard InChI is InChI=1S/C18H25N5O2/c1-4-23-5-6-25-16(17(23)15-10-21-22(3)12-15)11-20-18(24)14-7-13(2)8-19-9-14/h7-10,12,16-17H,4-6,11H2,1-3H3,(H,20,24)/t16-,17-/m0/s1. The van der Waals surface area contributed by atoms with Gasteiger partial charge in [-0.05, 0) is 25.1 Å². The summed E-state index contributed by atoms with van der Waals surface area (Å²) >= 11 is 0. The van der Waals surface area contributed by atoms with Gasteiger partial charge < -0.3 is 10.1 Å². The SMILES string of the molecule is CCN1CCO[C@@H](CNC(=O)c2cncc(C)c2)[C@@H]1c1cnn(C)c1. The van der Waals surface area contributed by atoms with Crippen LogP contribution in [0.1, 0.15) is 34.5 Å². The number of aromatic nitrogens is 3. The minimum Gasteiger partial charge on any atom is -0.373 e. The summed E-state index contributed by atoms with van der Waals surface area (Å²) in [5.74, 6) is -0.127. The molecule has 1 fully saturated rings. The Morgan fingerprint density at radius 1 is 1.40 bits per heavy atom.